The lowest BCUT2D eigenvalue weighted by molar-refractivity contribution is -0.0419. The molecule has 1 aliphatic heterocycles. The highest BCUT2D eigenvalue weighted by atomic mass is 16.5. The standard InChI is InChI=1S/C26H29NO2/c1-6-10-23(7-2)27-24(8-3)17-22-12-9-11-21(25(22)26(27)28)14-13-20-15-18(4)29-19(5)16-20/h6-7,9-12,17-20H,1-2,8,15-16H2,3-5H3/b23-10+. The number of pyridine rings is 1. The summed E-state index contributed by atoms with van der Waals surface area (Å²) in [6.07, 6.45) is 8.19. The predicted molar refractivity (Wildman–Crippen MR) is 122 cm³/mol. The summed E-state index contributed by atoms with van der Waals surface area (Å²) in [5.74, 6) is 7.00. The van der Waals surface area contributed by atoms with Crippen LogP contribution in [0.5, 0.6) is 0 Å². The van der Waals surface area contributed by atoms with Crippen LogP contribution in [-0.2, 0) is 11.2 Å². The van der Waals surface area contributed by atoms with Crippen molar-refractivity contribution in [3.63, 3.8) is 0 Å². The molecule has 2 unspecified atom stereocenters. The van der Waals surface area contributed by atoms with E-state index in [0.717, 1.165) is 41.6 Å². The number of ether oxygens (including phenoxy) is 1. The van der Waals surface area contributed by atoms with Gasteiger partial charge in [-0.2, -0.15) is 0 Å². The van der Waals surface area contributed by atoms with E-state index in [1.165, 1.54) is 0 Å². The molecule has 0 saturated carbocycles. The predicted octanol–water partition coefficient (Wildman–Crippen LogP) is 5.33. The van der Waals surface area contributed by atoms with Gasteiger partial charge in [0.2, 0.25) is 0 Å². The third-order valence-corrected chi connectivity index (χ3v) is 5.35. The maximum atomic E-state index is 13.5. The molecule has 1 aromatic heterocycles. The minimum atomic E-state index is -0.0639. The maximum Gasteiger partial charge on any atom is 0.264 e. The molecule has 0 bridgehead atoms. The van der Waals surface area contributed by atoms with E-state index in [9.17, 15) is 4.79 Å². The van der Waals surface area contributed by atoms with Gasteiger partial charge in [-0.3, -0.25) is 9.36 Å². The van der Waals surface area contributed by atoms with Crippen LogP contribution in [0.4, 0.5) is 0 Å². The zero-order valence-corrected chi connectivity index (χ0v) is 17.6. The van der Waals surface area contributed by atoms with Crippen LogP contribution in [0.1, 0.15) is 44.9 Å². The summed E-state index contributed by atoms with van der Waals surface area (Å²) >= 11 is 0. The Morgan fingerprint density at radius 3 is 2.62 bits per heavy atom. The van der Waals surface area contributed by atoms with E-state index in [-0.39, 0.29) is 23.7 Å². The van der Waals surface area contributed by atoms with Crippen molar-refractivity contribution in [2.24, 2.45) is 5.92 Å². The summed E-state index contributed by atoms with van der Waals surface area (Å²) in [5.41, 5.74) is 2.37. The van der Waals surface area contributed by atoms with Crippen molar-refractivity contribution in [1.82, 2.24) is 4.57 Å². The van der Waals surface area contributed by atoms with Crippen LogP contribution in [0.2, 0.25) is 0 Å². The van der Waals surface area contributed by atoms with Crippen molar-refractivity contribution in [2.75, 3.05) is 0 Å². The molecule has 1 fully saturated rings. The molecule has 3 heteroatoms. The first-order valence-electron chi connectivity index (χ1n) is 10.3. The molecular weight excluding hydrogens is 358 g/mol. The number of hydrogen-bond donors (Lipinski definition) is 0. The Balaban J connectivity index is 2.17. The van der Waals surface area contributed by atoms with Crippen molar-refractivity contribution in [3.05, 3.63) is 77.3 Å². The number of benzene rings is 1. The summed E-state index contributed by atoms with van der Waals surface area (Å²) in [6.45, 7) is 13.9. The van der Waals surface area contributed by atoms with E-state index < -0.39 is 0 Å². The summed E-state index contributed by atoms with van der Waals surface area (Å²) < 4.78 is 7.54. The number of rotatable bonds is 4. The van der Waals surface area contributed by atoms with E-state index in [2.05, 4.69) is 44.9 Å². The Labute approximate surface area is 173 Å². The van der Waals surface area contributed by atoms with E-state index in [1.807, 2.05) is 25.1 Å². The number of nitrogens with zero attached hydrogens (tertiary/aromatic N) is 1. The molecule has 2 aromatic rings. The third kappa shape index (κ3) is 4.44. The average molecular weight is 388 g/mol. The molecule has 2 heterocycles. The first kappa shape index (κ1) is 20.9. The van der Waals surface area contributed by atoms with Crippen molar-refractivity contribution >= 4 is 16.5 Å². The topological polar surface area (TPSA) is 31.2 Å². The number of fused-ring (bicyclic) bond motifs is 1. The van der Waals surface area contributed by atoms with Crippen LogP contribution in [-0.4, -0.2) is 16.8 Å². The van der Waals surface area contributed by atoms with E-state index in [1.54, 1.807) is 22.8 Å². The normalized spacial score (nSPS) is 22.0. The van der Waals surface area contributed by atoms with Gasteiger partial charge in [0.25, 0.3) is 5.56 Å². The Kier molecular flexibility index (Phi) is 6.56. The van der Waals surface area contributed by atoms with E-state index in [4.69, 9.17) is 4.74 Å². The number of aromatic nitrogens is 1. The monoisotopic (exact) mass is 387 g/mol. The zero-order chi connectivity index (χ0) is 21.0. The molecular formula is C26H29NO2. The average Bonchev–Trinajstić information content (AvgIpc) is 2.69. The Morgan fingerprint density at radius 2 is 2.00 bits per heavy atom. The molecule has 1 aromatic carbocycles. The highest BCUT2D eigenvalue weighted by Crippen LogP contribution is 2.25. The van der Waals surface area contributed by atoms with Gasteiger partial charge in [-0.05, 0) is 62.8 Å². The van der Waals surface area contributed by atoms with Gasteiger partial charge in [-0.1, -0.05) is 50.1 Å². The van der Waals surface area contributed by atoms with Crippen molar-refractivity contribution in [1.29, 1.82) is 0 Å². The molecule has 0 spiro atoms. The molecule has 0 amide bonds. The van der Waals surface area contributed by atoms with Crippen LogP contribution in [0.3, 0.4) is 0 Å². The molecule has 3 nitrogen and oxygen atoms in total. The smallest absolute Gasteiger partial charge is 0.264 e. The summed E-state index contributed by atoms with van der Waals surface area (Å²) in [6, 6.07) is 7.96. The van der Waals surface area contributed by atoms with Crippen molar-refractivity contribution in [3.8, 4) is 11.8 Å². The second kappa shape index (κ2) is 9.11. The molecule has 1 saturated heterocycles. The Bertz CT molecular complexity index is 1070. The molecule has 0 radical (unpaired) electrons. The first-order chi connectivity index (χ1) is 14.0. The molecule has 150 valence electrons. The minimum absolute atomic E-state index is 0.0639. The van der Waals surface area contributed by atoms with Gasteiger partial charge in [-0.15, -0.1) is 0 Å². The lowest BCUT2D eigenvalue weighted by Crippen LogP contribution is -2.28. The van der Waals surface area contributed by atoms with E-state index >= 15 is 0 Å². The number of hydrogen-bond acceptors (Lipinski definition) is 2. The lowest BCUT2D eigenvalue weighted by Gasteiger charge is -2.29. The van der Waals surface area contributed by atoms with Crippen LogP contribution >= 0.6 is 0 Å². The molecule has 3 rings (SSSR count). The van der Waals surface area contributed by atoms with Crippen molar-refractivity contribution in [2.45, 2.75) is 52.2 Å². The van der Waals surface area contributed by atoms with Crippen LogP contribution in [0.15, 0.2) is 60.4 Å². The highest BCUT2D eigenvalue weighted by molar-refractivity contribution is 5.88. The van der Waals surface area contributed by atoms with Crippen LogP contribution in [0, 0.1) is 17.8 Å². The van der Waals surface area contributed by atoms with Gasteiger partial charge < -0.3 is 4.74 Å². The molecule has 2 atom stereocenters. The minimum Gasteiger partial charge on any atom is -0.375 e. The highest BCUT2D eigenvalue weighted by Gasteiger charge is 2.23. The van der Waals surface area contributed by atoms with Gasteiger partial charge in [-0.25, -0.2) is 0 Å². The van der Waals surface area contributed by atoms with Gasteiger partial charge in [0.05, 0.1) is 17.6 Å². The lowest BCUT2D eigenvalue weighted by atomic mass is 9.92. The molecule has 0 aliphatic carbocycles. The number of allylic oxidation sites excluding steroid dienone is 4. The summed E-state index contributed by atoms with van der Waals surface area (Å²) in [4.78, 5) is 13.5. The quantitative estimate of drug-likeness (QED) is 0.524. The Morgan fingerprint density at radius 1 is 1.28 bits per heavy atom. The first-order valence-corrected chi connectivity index (χ1v) is 10.3. The molecule has 0 N–H and O–H groups in total. The van der Waals surface area contributed by atoms with Gasteiger partial charge in [0.1, 0.15) is 0 Å². The fraction of sp³-hybridized carbons (Fsp3) is 0.346. The SMILES string of the molecule is C=C/C=C(\C=C)n1c(CC)cc2cccc(C#CC3CC(C)OC(C)C3)c2c1=O. The fourth-order valence-electron chi connectivity index (χ4n) is 4.12. The largest absolute Gasteiger partial charge is 0.375 e. The third-order valence-electron chi connectivity index (χ3n) is 5.35. The number of aryl methyl sites for hydroxylation is 1. The summed E-state index contributed by atoms with van der Waals surface area (Å²) in [7, 11) is 0. The second-order valence-electron chi connectivity index (χ2n) is 7.63. The Hall–Kier alpha value is -2.83. The maximum absolute atomic E-state index is 13.5. The zero-order valence-electron chi connectivity index (χ0n) is 17.6. The van der Waals surface area contributed by atoms with E-state index in [0.29, 0.717) is 5.39 Å². The molecule has 1 aliphatic rings. The van der Waals surface area contributed by atoms with Gasteiger partial charge in [0.15, 0.2) is 0 Å². The van der Waals surface area contributed by atoms with Crippen molar-refractivity contribution < 1.29 is 4.74 Å². The van der Waals surface area contributed by atoms with Crippen LogP contribution < -0.4 is 5.56 Å². The summed E-state index contributed by atoms with van der Waals surface area (Å²) in [5, 5.41) is 1.58. The van der Waals surface area contributed by atoms with Gasteiger partial charge >= 0.3 is 0 Å². The fourth-order valence-corrected chi connectivity index (χ4v) is 4.12. The van der Waals surface area contributed by atoms with Crippen LogP contribution in [0.25, 0.3) is 16.5 Å². The second-order valence-corrected chi connectivity index (χ2v) is 7.63. The molecule has 29 heavy (non-hydrogen) atoms. The van der Waals surface area contributed by atoms with Gasteiger partial charge in [0, 0.05) is 22.9 Å².